The van der Waals surface area contributed by atoms with Gasteiger partial charge in [-0.3, -0.25) is 4.79 Å². The van der Waals surface area contributed by atoms with Crippen LogP contribution in [-0.2, 0) is 9.59 Å². The molecule has 0 radical (unpaired) electrons. The van der Waals surface area contributed by atoms with Gasteiger partial charge in [0.15, 0.2) is 11.5 Å². The van der Waals surface area contributed by atoms with Gasteiger partial charge in [-0.1, -0.05) is 19.9 Å². The Hall–Kier alpha value is -2.30. The first-order valence-corrected chi connectivity index (χ1v) is 6.84. The van der Waals surface area contributed by atoms with Crippen LogP contribution in [0.15, 0.2) is 23.8 Å². The second-order valence-electron chi connectivity index (χ2n) is 4.46. The van der Waals surface area contributed by atoms with Crippen molar-refractivity contribution in [3.63, 3.8) is 0 Å². The third-order valence-corrected chi connectivity index (χ3v) is 2.86. The van der Waals surface area contributed by atoms with Gasteiger partial charge in [-0.15, -0.1) is 0 Å². The van der Waals surface area contributed by atoms with Crippen LogP contribution in [0.5, 0.6) is 11.5 Å². The van der Waals surface area contributed by atoms with Crippen molar-refractivity contribution in [3.05, 3.63) is 29.3 Å². The van der Waals surface area contributed by atoms with Gasteiger partial charge in [-0.2, -0.15) is 0 Å². The third kappa shape index (κ3) is 4.95. The number of carbonyl (C=O) groups excluding carboxylic acids is 1. The van der Waals surface area contributed by atoms with Crippen molar-refractivity contribution >= 4 is 18.0 Å². The molecule has 0 amide bonds. The van der Waals surface area contributed by atoms with Gasteiger partial charge in [-0.05, 0) is 36.6 Å². The molecule has 0 aliphatic heterocycles. The van der Waals surface area contributed by atoms with E-state index in [2.05, 4.69) is 0 Å². The Balaban J connectivity index is 3.03. The molecule has 1 N–H and O–H groups in total. The van der Waals surface area contributed by atoms with Crippen LogP contribution in [0.25, 0.3) is 6.08 Å². The Morgan fingerprint density at radius 1 is 1.24 bits per heavy atom. The molecule has 0 atom stereocenters. The molecule has 0 aliphatic carbocycles. The maximum absolute atomic E-state index is 11.5. The monoisotopic (exact) mass is 292 g/mol. The predicted octanol–water partition coefficient (Wildman–Crippen LogP) is 3.28. The minimum Gasteiger partial charge on any atom is -0.493 e. The summed E-state index contributed by atoms with van der Waals surface area (Å²) < 4.78 is 10.4. The average Bonchev–Trinajstić information content (AvgIpc) is 2.45. The molecule has 0 saturated carbocycles. The maximum Gasteiger partial charge on any atom is 0.331 e. The lowest BCUT2D eigenvalue weighted by Gasteiger charge is -2.10. The van der Waals surface area contributed by atoms with Crippen molar-refractivity contribution in [2.45, 2.75) is 33.1 Å². The van der Waals surface area contributed by atoms with Gasteiger partial charge in [0, 0.05) is 12.0 Å². The molecule has 1 aromatic rings. The Bertz CT molecular complexity index is 546. The normalized spacial score (nSPS) is 11.1. The highest BCUT2D eigenvalue weighted by atomic mass is 16.6. The molecule has 0 spiro atoms. The first kappa shape index (κ1) is 16.8. The lowest BCUT2D eigenvalue weighted by atomic mass is 10.1. The van der Waals surface area contributed by atoms with E-state index in [0.717, 1.165) is 0 Å². The van der Waals surface area contributed by atoms with Crippen molar-refractivity contribution < 1.29 is 24.2 Å². The van der Waals surface area contributed by atoms with Crippen LogP contribution in [-0.4, -0.2) is 24.2 Å². The Morgan fingerprint density at radius 2 is 1.95 bits per heavy atom. The van der Waals surface area contributed by atoms with Gasteiger partial charge < -0.3 is 14.6 Å². The van der Waals surface area contributed by atoms with Crippen molar-refractivity contribution in [1.29, 1.82) is 0 Å². The molecule has 0 saturated heterocycles. The van der Waals surface area contributed by atoms with Crippen LogP contribution in [0.2, 0.25) is 0 Å². The molecular formula is C16H20O5. The second-order valence-corrected chi connectivity index (χ2v) is 4.46. The maximum atomic E-state index is 11.5. The van der Waals surface area contributed by atoms with Gasteiger partial charge >= 0.3 is 11.9 Å². The summed E-state index contributed by atoms with van der Waals surface area (Å²) in [5, 5.41) is 9.02. The fourth-order valence-electron chi connectivity index (χ4n) is 1.75. The van der Waals surface area contributed by atoms with E-state index in [1.807, 2.05) is 6.92 Å². The van der Waals surface area contributed by atoms with Crippen LogP contribution < -0.4 is 9.47 Å². The summed E-state index contributed by atoms with van der Waals surface area (Å²) in [5.74, 6) is -0.538. The van der Waals surface area contributed by atoms with Crippen molar-refractivity contribution in [2.24, 2.45) is 0 Å². The number of carboxylic acid groups (broad SMARTS) is 1. The summed E-state index contributed by atoms with van der Waals surface area (Å²) in [4.78, 5) is 22.5. The highest BCUT2D eigenvalue weighted by Crippen LogP contribution is 2.29. The van der Waals surface area contributed by atoms with E-state index < -0.39 is 5.97 Å². The summed E-state index contributed by atoms with van der Waals surface area (Å²) >= 11 is 0. The number of ether oxygens (including phenoxy) is 2. The van der Waals surface area contributed by atoms with Crippen molar-refractivity contribution in [2.75, 3.05) is 7.11 Å². The number of carboxylic acids is 1. The van der Waals surface area contributed by atoms with Crippen LogP contribution in [0.4, 0.5) is 0 Å². The SMILES string of the molecule is CCCC(=O)Oc1ccc(C=C(CC)C(=O)O)cc1OC. The number of rotatable bonds is 7. The minimum absolute atomic E-state index is 0.299. The molecule has 1 aromatic carbocycles. The first-order valence-electron chi connectivity index (χ1n) is 6.84. The zero-order valence-corrected chi connectivity index (χ0v) is 12.5. The fourth-order valence-corrected chi connectivity index (χ4v) is 1.75. The number of aliphatic carboxylic acids is 1. The summed E-state index contributed by atoms with van der Waals surface area (Å²) in [6.45, 7) is 3.67. The Morgan fingerprint density at radius 3 is 2.48 bits per heavy atom. The van der Waals surface area contributed by atoms with Gasteiger partial charge in [0.25, 0.3) is 0 Å². The summed E-state index contributed by atoms with van der Waals surface area (Å²) in [6.07, 6.45) is 3.04. The van der Waals surface area contributed by atoms with Crippen molar-refractivity contribution in [1.82, 2.24) is 0 Å². The number of benzene rings is 1. The lowest BCUT2D eigenvalue weighted by Crippen LogP contribution is -2.07. The molecule has 0 aromatic heterocycles. The molecule has 0 bridgehead atoms. The molecule has 0 heterocycles. The molecule has 5 nitrogen and oxygen atoms in total. The van der Waals surface area contributed by atoms with Gasteiger partial charge in [0.1, 0.15) is 0 Å². The summed E-state index contributed by atoms with van der Waals surface area (Å²) in [5.41, 5.74) is 0.981. The summed E-state index contributed by atoms with van der Waals surface area (Å²) in [7, 11) is 1.47. The zero-order chi connectivity index (χ0) is 15.8. The number of hydrogen-bond donors (Lipinski definition) is 1. The molecule has 0 unspecified atom stereocenters. The fraction of sp³-hybridized carbons (Fsp3) is 0.375. The molecule has 0 fully saturated rings. The minimum atomic E-state index is -0.949. The smallest absolute Gasteiger partial charge is 0.331 e. The van der Waals surface area contributed by atoms with E-state index in [9.17, 15) is 9.59 Å². The van der Waals surface area contributed by atoms with Crippen LogP contribution in [0.1, 0.15) is 38.7 Å². The zero-order valence-electron chi connectivity index (χ0n) is 12.5. The Labute approximate surface area is 124 Å². The van der Waals surface area contributed by atoms with Crippen LogP contribution in [0, 0.1) is 0 Å². The number of hydrogen-bond acceptors (Lipinski definition) is 4. The van der Waals surface area contributed by atoms with E-state index in [4.69, 9.17) is 14.6 Å². The van der Waals surface area contributed by atoms with Crippen molar-refractivity contribution in [3.8, 4) is 11.5 Å². The quantitative estimate of drug-likeness (QED) is 0.474. The standard InChI is InChI=1S/C16H20O5/c1-4-6-15(17)21-13-8-7-11(10-14(13)20-3)9-12(5-2)16(18)19/h7-10H,4-6H2,1-3H3,(H,18,19). The van der Waals surface area contributed by atoms with Gasteiger partial charge in [-0.25, -0.2) is 4.79 Å². The second kappa shape index (κ2) is 8.09. The first-order chi connectivity index (χ1) is 10.0. The number of esters is 1. The molecule has 21 heavy (non-hydrogen) atoms. The number of carbonyl (C=O) groups is 2. The van der Waals surface area contributed by atoms with E-state index in [1.54, 1.807) is 31.2 Å². The predicted molar refractivity (Wildman–Crippen MR) is 79.4 cm³/mol. The summed E-state index contributed by atoms with van der Waals surface area (Å²) in [6, 6.07) is 4.94. The highest BCUT2D eigenvalue weighted by molar-refractivity contribution is 5.92. The Kier molecular flexibility index (Phi) is 6.46. The molecular weight excluding hydrogens is 272 g/mol. The lowest BCUT2D eigenvalue weighted by molar-refractivity contribution is -0.134. The van der Waals surface area contributed by atoms with E-state index in [1.165, 1.54) is 7.11 Å². The largest absolute Gasteiger partial charge is 0.493 e. The highest BCUT2D eigenvalue weighted by Gasteiger charge is 2.11. The van der Waals surface area contributed by atoms with E-state index in [-0.39, 0.29) is 5.97 Å². The van der Waals surface area contributed by atoms with Gasteiger partial charge in [0.2, 0.25) is 0 Å². The molecule has 0 aliphatic rings. The molecule has 1 rings (SSSR count). The topological polar surface area (TPSA) is 72.8 Å². The van der Waals surface area contributed by atoms with Gasteiger partial charge in [0.05, 0.1) is 7.11 Å². The average molecular weight is 292 g/mol. The van der Waals surface area contributed by atoms with E-state index in [0.29, 0.717) is 41.9 Å². The molecule has 5 heteroatoms. The van der Waals surface area contributed by atoms with E-state index >= 15 is 0 Å². The van der Waals surface area contributed by atoms with Crippen LogP contribution >= 0.6 is 0 Å². The third-order valence-electron chi connectivity index (χ3n) is 2.86. The van der Waals surface area contributed by atoms with Crippen LogP contribution in [0.3, 0.4) is 0 Å². The number of methoxy groups -OCH3 is 1. The molecule has 114 valence electrons.